The number of ether oxygens (including phenoxy) is 1. The van der Waals surface area contributed by atoms with Gasteiger partial charge in [-0.25, -0.2) is 9.59 Å². The van der Waals surface area contributed by atoms with Crippen LogP contribution in [-0.4, -0.2) is 41.8 Å². The number of amides is 1. The molecule has 0 unspecified atom stereocenters. The van der Waals surface area contributed by atoms with E-state index in [9.17, 15) is 14.7 Å². The lowest BCUT2D eigenvalue weighted by molar-refractivity contribution is -0.142. The van der Waals surface area contributed by atoms with Crippen LogP contribution in [0.3, 0.4) is 0 Å². The lowest BCUT2D eigenvalue weighted by atomic mass is 9.98. The Balaban J connectivity index is 1.58. The number of hydrogen-bond donors (Lipinski definition) is 1. The Morgan fingerprint density at radius 3 is 2.06 bits per heavy atom. The molecule has 0 aliphatic heterocycles. The maximum absolute atomic E-state index is 12.7. The van der Waals surface area contributed by atoms with Gasteiger partial charge >= 0.3 is 12.1 Å². The smallest absolute Gasteiger partial charge is 0.410 e. The topological polar surface area (TPSA) is 66.8 Å². The lowest BCUT2D eigenvalue weighted by Crippen LogP contribution is -2.43. The third-order valence-corrected chi connectivity index (χ3v) is 6.21. The van der Waals surface area contributed by atoms with E-state index in [0.717, 1.165) is 30.4 Å². The number of carbonyl (C=O) groups excluding carboxylic acids is 1. The number of benzene rings is 2. The van der Waals surface area contributed by atoms with Gasteiger partial charge in [-0.05, 0) is 28.7 Å². The average Bonchev–Trinajstić information content (AvgIpc) is 3.10. The summed E-state index contributed by atoms with van der Waals surface area (Å²) in [5.74, 6) is -1.02. The molecule has 0 saturated heterocycles. The molecule has 2 aromatic rings. The molecule has 3 rings (SSSR count). The molecule has 0 radical (unpaired) electrons. The number of rotatable bonds is 11. The third-order valence-electron chi connectivity index (χ3n) is 6.21. The number of fused-ring (bicyclic) bond motifs is 3. The van der Waals surface area contributed by atoms with Crippen LogP contribution in [0, 0.1) is 0 Å². The van der Waals surface area contributed by atoms with Crippen LogP contribution >= 0.6 is 0 Å². The van der Waals surface area contributed by atoms with Gasteiger partial charge in [-0.3, -0.25) is 4.90 Å². The number of carboxylic acid groups (broad SMARTS) is 1. The van der Waals surface area contributed by atoms with E-state index in [-0.39, 0.29) is 12.5 Å². The zero-order valence-electron chi connectivity index (χ0n) is 18.5. The van der Waals surface area contributed by atoms with Crippen molar-refractivity contribution in [3.63, 3.8) is 0 Å². The molecule has 1 amide bonds. The Morgan fingerprint density at radius 2 is 1.48 bits per heavy atom. The first-order valence-electron chi connectivity index (χ1n) is 11.3. The van der Waals surface area contributed by atoms with Gasteiger partial charge in [-0.1, -0.05) is 94.0 Å². The van der Waals surface area contributed by atoms with Crippen LogP contribution in [0.2, 0.25) is 0 Å². The van der Waals surface area contributed by atoms with Gasteiger partial charge in [0.2, 0.25) is 0 Å². The van der Waals surface area contributed by atoms with Crippen LogP contribution in [-0.2, 0) is 9.53 Å². The molecule has 0 heterocycles. The summed E-state index contributed by atoms with van der Waals surface area (Å²) in [6.45, 7) is 2.37. The summed E-state index contributed by atoms with van der Waals surface area (Å²) >= 11 is 0. The van der Waals surface area contributed by atoms with E-state index < -0.39 is 18.1 Å². The maximum Gasteiger partial charge on any atom is 0.410 e. The fraction of sp³-hybridized carbons (Fsp3) is 0.462. The van der Waals surface area contributed by atoms with Crippen molar-refractivity contribution in [2.45, 2.75) is 63.8 Å². The van der Waals surface area contributed by atoms with Crippen molar-refractivity contribution in [3.8, 4) is 11.1 Å². The molecule has 5 nitrogen and oxygen atoms in total. The summed E-state index contributed by atoms with van der Waals surface area (Å²) in [5.41, 5.74) is 4.61. The predicted molar refractivity (Wildman–Crippen MR) is 122 cm³/mol. The Bertz CT molecular complexity index is 849. The highest BCUT2D eigenvalue weighted by Crippen LogP contribution is 2.44. The normalized spacial score (nSPS) is 13.4. The van der Waals surface area contributed by atoms with E-state index in [0.29, 0.717) is 6.42 Å². The Morgan fingerprint density at radius 1 is 0.935 bits per heavy atom. The van der Waals surface area contributed by atoms with Crippen molar-refractivity contribution >= 4 is 12.1 Å². The minimum atomic E-state index is -0.982. The first-order valence-corrected chi connectivity index (χ1v) is 11.3. The van der Waals surface area contributed by atoms with Crippen LogP contribution in [0.4, 0.5) is 4.79 Å². The molecule has 0 saturated carbocycles. The maximum atomic E-state index is 12.7. The summed E-state index contributed by atoms with van der Waals surface area (Å²) in [4.78, 5) is 25.7. The molecule has 1 aliphatic carbocycles. The van der Waals surface area contributed by atoms with Crippen LogP contribution in [0.15, 0.2) is 48.5 Å². The Kier molecular flexibility index (Phi) is 8.10. The largest absolute Gasteiger partial charge is 0.480 e. The van der Waals surface area contributed by atoms with Crippen LogP contribution < -0.4 is 0 Å². The van der Waals surface area contributed by atoms with Crippen molar-refractivity contribution in [1.29, 1.82) is 0 Å². The zero-order chi connectivity index (χ0) is 22.2. The second kappa shape index (κ2) is 11.0. The van der Waals surface area contributed by atoms with Gasteiger partial charge in [0.15, 0.2) is 0 Å². The number of aliphatic carboxylic acids is 1. The van der Waals surface area contributed by atoms with Crippen LogP contribution in [0.5, 0.6) is 0 Å². The number of unbranched alkanes of at least 4 members (excludes halogenated alkanes) is 5. The third kappa shape index (κ3) is 5.46. The molecule has 1 aliphatic rings. The van der Waals surface area contributed by atoms with E-state index >= 15 is 0 Å². The number of likely N-dealkylation sites (N-methyl/N-ethyl adjacent to an activating group) is 1. The van der Waals surface area contributed by atoms with E-state index in [2.05, 4.69) is 31.2 Å². The van der Waals surface area contributed by atoms with E-state index in [1.807, 2.05) is 24.3 Å². The molecular weight excluding hydrogens is 390 g/mol. The molecule has 166 valence electrons. The molecule has 1 N–H and O–H groups in total. The SMILES string of the molecule is CCCCCCCC[C@H](C(=O)O)N(C)C(=O)OCC1c2ccccc2-c2ccccc21. The molecule has 0 fully saturated rings. The van der Waals surface area contributed by atoms with Gasteiger partial charge in [0.25, 0.3) is 0 Å². The summed E-state index contributed by atoms with van der Waals surface area (Å²) < 4.78 is 5.62. The molecular formula is C26H33NO4. The number of nitrogens with zero attached hydrogens (tertiary/aromatic N) is 1. The Labute approximate surface area is 185 Å². The molecule has 0 bridgehead atoms. The van der Waals surface area contributed by atoms with Gasteiger partial charge in [0.05, 0.1) is 0 Å². The highest BCUT2D eigenvalue weighted by molar-refractivity contribution is 5.81. The first kappa shape index (κ1) is 22.9. The molecule has 31 heavy (non-hydrogen) atoms. The second-order valence-electron chi connectivity index (χ2n) is 8.33. The highest BCUT2D eigenvalue weighted by Gasteiger charge is 2.31. The van der Waals surface area contributed by atoms with E-state index in [4.69, 9.17) is 4.74 Å². The van der Waals surface area contributed by atoms with Crippen molar-refractivity contribution in [2.75, 3.05) is 13.7 Å². The minimum Gasteiger partial charge on any atom is -0.480 e. The molecule has 2 aromatic carbocycles. The van der Waals surface area contributed by atoms with Gasteiger partial charge in [0, 0.05) is 13.0 Å². The van der Waals surface area contributed by atoms with Gasteiger partial charge in [-0.2, -0.15) is 0 Å². The number of carboxylic acids is 1. The summed E-state index contributed by atoms with van der Waals surface area (Å²) in [6, 6.07) is 15.5. The van der Waals surface area contributed by atoms with Crippen LogP contribution in [0.25, 0.3) is 11.1 Å². The molecule has 1 atom stereocenters. The van der Waals surface area contributed by atoms with Gasteiger partial charge < -0.3 is 9.84 Å². The standard InChI is InChI=1S/C26H33NO4/c1-3-4-5-6-7-8-17-24(25(28)29)27(2)26(30)31-18-23-21-15-11-9-13-19(21)20-14-10-12-16-22(20)23/h9-16,23-24H,3-8,17-18H2,1-2H3,(H,28,29)/t24-/m1/s1. The van der Waals surface area contributed by atoms with Crippen molar-refractivity contribution in [3.05, 3.63) is 59.7 Å². The summed E-state index contributed by atoms with van der Waals surface area (Å²) in [5, 5.41) is 9.62. The molecule has 0 spiro atoms. The Hall–Kier alpha value is -2.82. The van der Waals surface area contributed by atoms with E-state index in [1.54, 1.807) is 0 Å². The minimum absolute atomic E-state index is 0.0356. The van der Waals surface area contributed by atoms with Crippen molar-refractivity contribution in [2.24, 2.45) is 0 Å². The first-order chi connectivity index (χ1) is 15.0. The monoisotopic (exact) mass is 423 g/mol. The quantitative estimate of drug-likeness (QED) is 0.445. The zero-order valence-corrected chi connectivity index (χ0v) is 18.5. The number of carbonyl (C=O) groups is 2. The predicted octanol–water partition coefficient (Wildman–Crippen LogP) is 6.07. The molecule has 0 aromatic heterocycles. The average molecular weight is 424 g/mol. The second-order valence-corrected chi connectivity index (χ2v) is 8.33. The lowest BCUT2D eigenvalue weighted by Gasteiger charge is -2.25. The van der Waals surface area contributed by atoms with Crippen molar-refractivity contribution < 1.29 is 19.4 Å². The van der Waals surface area contributed by atoms with Crippen LogP contribution in [0.1, 0.15) is 68.9 Å². The summed E-state index contributed by atoms with van der Waals surface area (Å²) in [6.07, 6.45) is 6.32. The fourth-order valence-electron chi connectivity index (χ4n) is 4.42. The van der Waals surface area contributed by atoms with Gasteiger partial charge in [0.1, 0.15) is 12.6 Å². The summed E-state index contributed by atoms with van der Waals surface area (Å²) in [7, 11) is 1.52. The van der Waals surface area contributed by atoms with E-state index in [1.165, 1.54) is 42.3 Å². The fourth-order valence-corrected chi connectivity index (χ4v) is 4.42. The van der Waals surface area contributed by atoms with Gasteiger partial charge in [-0.15, -0.1) is 0 Å². The molecule has 5 heteroatoms. The number of hydrogen-bond acceptors (Lipinski definition) is 3. The highest BCUT2D eigenvalue weighted by atomic mass is 16.6. The van der Waals surface area contributed by atoms with Crippen molar-refractivity contribution in [1.82, 2.24) is 4.90 Å².